The van der Waals surface area contributed by atoms with Crippen LogP contribution in [0.4, 0.5) is 5.82 Å². The number of esters is 2. The standard InChI is InChI=1S/C52H97N3O15P2/c1-5-43(4)34-30-26-22-18-14-10-6-7-11-15-19-23-27-31-35-47(56)65-39-44(68-48(57)36-32-28-24-20-16-12-8-9-13-17-21-25-29-33-42(2)3)40-66-71(61,62)70-72(63,64)67-41-45-49(58)50(59)51(69-45)55-38-37-46(53)54-52(55)60/h37-38,42-45,49-51,58-59H,5-36,39-41H2,1-4H3,(H,61,62)(H,63,64)(H2,53,54,60)/t43?,44-,45-,49+,50?,51-/m1/s1. The summed E-state index contributed by atoms with van der Waals surface area (Å²) in [5.41, 5.74) is 4.60. The maximum Gasteiger partial charge on any atom is 0.481 e. The Labute approximate surface area is 431 Å². The second-order valence-electron chi connectivity index (χ2n) is 20.5. The van der Waals surface area contributed by atoms with Gasteiger partial charge in [-0.1, -0.05) is 207 Å². The summed E-state index contributed by atoms with van der Waals surface area (Å²) in [5, 5.41) is 20.9. The molecule has 18 nitrogen and oxygen atoms in total. The molecule has 0 radical (unpaired) electrons. The Hall–Kier alpha value is -2.24. The Kier molecular flexibility index (Phi) is 35.8. The molecule has 2 rings (SSSR count). The largest absolute Gasteiger partial charge is 0.481 e. The number of hydrogen-bond donors (Lipinski definition) is 5. The van der Waals surface area contributed by atoms with E-state index in [1.54, 1.807) is 0 Å². The SMILES string of the molecule is CCC(C)CCCCCCCCCCCCCCCCC(=O)OC[C@H](COP(=O)(O)OP(=O)(O)OC[C@H]1O[C@@H](n2ccc(N)nc2=O)C(O)[C@H]1O)OC(=O)CCCCCCCCCCCCCCCC(C)C. The van der Waals surface area contributed by atoms with Crippen molar-refractivity contribution in [1.82, 2.24) is 9.55 Å². The third-order valence-electron chi connectivity index (χ3n) is 13.4. The molecule has 0 aliphatic carbocycles. The average molecular weight is 1070 g/mol. The van der Waals surface area contributed by atoms with Gasteiger partial charge < -0.3 is 39.9 Å². The van der Waals surface area contributed by atoms with Gasteiger partial charge in [-0.15, -0.1) is 0 Å². The van der Waals surface area contributed by atoms with Crippen molar-refractivity contribution in [3.05, 3.63) is 22.7 Å². The summed E-state index contributed by atoms with van der Waals surface area (Å²) in [6.45, 7) is 6.88. The van der Waals surface area contributed by atoms with E-state index in [2.05, 4.69) is 37.0 Å². The number of unbranched alkanes of at least 4 members (excludes halogenated alkanes) is 25. The van der Waals surface area contributed by atoms with E-state index >= 15 is 0 Å². The van der Waals surface area contributed by atoms with Crippen molar-refractivity contribution < 1.29 is 66.3 Å². The lowest BCUT2D eigenvalue weighted by Crippen LogP contribution is -2.36. The number of phosphoric ester groups is 2. The zero-order valence-corrected chi connectivity index (χ0v) is 46.4. The van der Waals surface area contributed by atoms with E-state index in [1.165, 1.54) is 141 Å². The topological polar surface area (TPSA) is 265 Å². The van der Waals surface area contributed by atoms with Gasteiger partial charge in [-0.3, -0.25) is 23.2 Å². The molecule has 2 heterocycles. The minimum atomic E-state index is -5.42. The molecule has 72 heavy (non-hydrogen) atoms. The van der Waals surface area contributed by atoms with E-state index in [9.17, 15) is 43.5 Å². The highest BCUT2D eigenvalue weighted by Gasteiger charge is 2.46. The van der Waals surface area contributed by atoms with E-state index in [0.29, 0.717) is 12.8 Å². The first kappa shape index (κ1) is 65.9. The number of rotatable bonds is 46. The van der Waals surface area contributed by atoms with Gasteiger partial charge in [-0.25, -0.2) is 13.9 Å². The number of aliphatic hydroxyl groups excluding tert-OH is 2. The Morgan fingerprint density at radius 3 is 1.58 bits per heavy atom. The molecule has 1 aliphatic rings. The van der Waals surface area contributed by atoms with Crippen molar-refractivity contribution in [2.75, 3.05) is 25.6 Å². The molecule has 0 bridgehead atoms. The zero-order chi connectivity index (χ0) is 53.0. The highest BCUT2D eigenvalue weighted by Crippen LogP contribution is 2.60. The van der Waals surface area contributed by atoms with Crippen LogP contribution in [0.5, 0.6) is 0 Å². The molecule has 0 spiro atoms. The third kappa shape index (κ3) is 32.3. The molecule has 0 saturated carbocycles. The van der Waals surface area contributed by atoms with Gasteiger partial charge in [0.25, 0.3) is 0 Å². The van der Waals surface area contributed by atoms with Crippen LogP contribution in [0, 0.1) is 11.8 Å². The molecule has 4 unspecified atom stereocenters. The van der Waals surface area contributed by atoms with Crippen LogP contribution in [-0.4, -0.2) is 85.7 Å². The van der Waals surface area contributed by atoms with E-state index in [4.69, 9.17) is 29.0 Å². The highest BCUT2D eigenvalue weighted by molar-refractivity contribution is 7.61. The molecule has 1 fully saturated rings. The van der Waals surface area contributed by atoms with Crippen molar-refractivity contribution >= 4 is 33.4 Å². The van der Waals surface area contributed by atoms with Gasteiger partial charge in [0, 0.05) is 19.0 Å². The molecule has 0 aromatic carbocycles. The number of aliphatic hydroxyl groups is 2. The number of anilines is 1. The summed E-state index contributed by atoms with van der Waals surface area (Å²) < 4.78 is 57.0. The molecule has 420 valence electrons. The second-order valence-corrected chi connectivity index (χ2v) is 23.6. The Morgan fingerprint density at radius 1 is 0.667 bits per heavy atom. The van der Waals surface area contributed by atoms with Crippen molar-refractivity contribution in [3.8, 4) is 0 Å². The van der Waals surface area contributed by atoms with Gasteiger partial charge in [0.15, 0.2) is 12.3 Å². The van der Waals surface area contributed by atoms with Crippen LogP contribution >= 0.6 is 15.6 Å². The highest BCUT2D eigenvalue weighted by atomic mass is 31.3. The van der Waals surface area contributed by atoms with Crippen molar-refractivity contribution in [2.24, 2.45) is 11.8 Å². The number of phosphoric acid groups is 2. The number of ether oxygens (including phenoxy) is 3. The molecule has 1 aromatic heterocycles. The Morgan fingerprint density at radius 2 is 1.11 bits per heavy atom. The predicted octanol–water partition coefficient (Wildman–Crippen LogP) is 11.9. The van der Waals surface area contributed by atoms with Crippen LogP contribution in [0.1, 0.15) is 239 Å². The fraction of sp³-hybridized carbons (Fsp3) is 0.885. The smallest absolute Gasteiger partial charge is 0.462 e. The van der Waals surface area contributed by atoms with Crippen LogP contribution in [0.15, 0.2) is 17.1 Å². The van der Waals surface area contributed by atoms with Crippen LogP contribution in [-0.2, 0) is 46.3 Å². The molecular weight excluding hydrogens is 969 g/mol. The quantitative estimate of drug-likeness (QED) is 0.0231. The number of nitrogens with zero attached hydrogens (tertiary/aromatic N) is 2. The number of hydrogen-bond acceptors (Lipinski definition) is 15. The second kappa shape index (κ2) is 39.2. The first-order chi connectivity index (χ1) is 34.4. The number of carbonyl (C=O) groups is 2. The molecule has 1 saturated heterocycles. The van der Waals surface area contributed by atoms with Crippen LogP contribution < -0.4 is 11.4 Å². The first-order valence-corrected chi connectivity index (χ1v) is 30.8. The lowest BCUT2D eigenvalue weighted by molar-refractivity contribution is -0.161. The molecular formula is C52H97N3O15P2. The van der Waals surface area contributed by atoms with E-state index in [0.717, 1.165) is 67.8 Å². The monoisotopic (exact) mass is 1070 g/mol. The summed E-state index contributed by atoms with van der Waals surface area (Å²) in [4.78, 5) is 62.1. The van der Waals surface area contributed by atoms with Gasteiger partial charge in [-0.2, -0.15) is 9.29 Å². The maximum absolute atomic E-state index is 12.9. The molecule has 6 N–H and O–H groups in total. The summed E-state index contributed by atoms with van der Waals surface area (Å²) in [6, 6.07) is 1.25. The molecule has 0 amide bonds. The molecule has 1 aromatic rings. The van der Waals surface area contributed by atoms with Crippen molar-refractivity contribution in [3.63, 3.8) is 0 Å². The summed E-state index contributed by atoms with van der Waals surface area (Å²) in [5.74, 6) is 0.359. The van der Waals surface area contributed by atoms with Gasteiger partial charge in [-0.05, 0) is 30.7 Å². The third-order valence-corrected chi connectivity index (χ3v) is 16.0. The van der Waals surface area contributed by atoms with E-state index < -0.39 is 83.7 Å². The number of nitrogen functional groups attached to an aromatic ring is 1. The normalized spacial score (nSPS) is 19.5. The Bertz CT molecular complexity index is 1740. The average Bonchev–Trinajstić information content (AvgIpc) is 3.60. The van der Waals surface area contributed by atoms with Gasteiger partial charge in [0.05, 0.1) is 13.2 Å². The zero-order valence-electron chi connectivity index (χ0n) is 44.6. The first-order valence-electron chi connectivity index (χ1n) is 27.8. The van der Waals surface area contributed by atoms with E-state index in [1.807, 2.05) is 0 Å². The van der Waals surface area contributed by atoms with Gasteiger partial charge in [0.1, 0.15) is 30.7 Å². The van der Waals surface area contributed by atoms with Crippen LogP contribution in [0.25, 0.3) is 0 Å². The number of aromatic nitrogens is 2. The lowest BCUT2D eigenvalue weighted by atomic mass is 9.99. The summed E-state index contributed by atoms with van der Waals surface area (Å²) >= 11 is 0. The predicted molar refractivity (Wildman–Crippen MR) is 280 cm³/mol. The minimum absolute atomic E-state index is 0.0570. The van der Waals surface area contributed by atoms with E-state index in [-0.39, 0.29) is 18.7 Å². The van der Waals surface area contributed by atoms with Crippen LogP contribution in [0.2, 0.25) is 0 Å². The molecule has 1 aliphatic heterocycles. The van der Waals surface area contributed by atoms with Gasteiger partial charge >= 0.3 is 33.3 Å². The molecule has 20 heteroatoms. The minimum Gasteiger partial charge on any atom is -0.462 e. The summed E-state index contributed by atoms with van der Waals surface area (Å²) in [6.07, 6.45) is 28.9. The lowest BCUT2D eigenvalue weighted by Gasteiger charge is -2.21. The molecule has 8 atom stereocenters. The maximum atomic E-state index is 12.9. The van der Waals surface area contributed by atoms with Crippen molar-refractivity contribution in [2.45, 2.75) is 264 Å². The Balaban J connectivity index is 1.76. The van der Waals surface area contributed by atoms with Crippen molar-refractivity contribution in [1.29, 1.82) is 0 Å². The van der Waals surface area contributed by atoms with Gasteiger partial charge in [0.2, 0.25) is 0 Å². The summed E-state index contributed by atoms with van der Waals surface area (Å²) in [7, 11) is -10.8. The fourth-order valence-corrected chi connectivity index (χ4v) is 10.8. The van der Waals surface area contributed by atoms with Crippen LogP contribution in [0.3, 0.4) is 0 Å². The number of nitrogens with two attached hydrogens (primary N) is 1. The fourth-order valence-electron chi connectivity index (χ4n) is 8.71. The number of carbonyl (C=O) groups excluding carboxylic acids is 2.